The molecule has 3 heterocycles. The molecule has 4 rings (SSSR count). The largest absolute Gasteiger partial charge is 0.448 e. The highest BCUT2D eigenvalue weighted by Gasteiger charge is 2.35. The maximum absolute atomic E-state index is 14.0. The number of fused-ring (bicyclic) bond motifs is 3. The van der Waals surface area contributed by atoms with Gasteiger partial charge in [-0.15, -0.1) is 0 Å². The number of alkyl halides is 1. The summed E-state index contributed by atoms with van der Waals surface area (Å²) < 4.78 is 19.6. The summed E-state index contributed by atoms with van der Waals surface area (Å²) in [4.78, 5) is 20.6. The second-order valence-electron chi connectivity index (χ2n) is 9.67. The van der Waals surface area contributed by atoms with Gasteiger partial charge >= 0.3 is 6.09 Å². The summed E-state index contributed by atoms with van der Waals surface area (Å²) in [5, 5.41) is 1.87. The van der Waals surface area contributed by atoms with Gasteiger partial charge in [0.05, 0.1) is 6.04 Å². The number of benzene rings is 1. The number of nitrogens with one attached hydrogen (secondary N) is 1. The number of likely N-dealkylation sites (tertiary alicyclic amines) is 1. The molecule has 0 aliphatic carbocycles. The van der Waals surface area contributed by atoms with Crippen molar-refractivity contribution in [2.75, 3.05) is 32.8 Å². The van der Waals surface area contributed by atoms with Crippen molar-refractivity contribution in [3.05, 3.63) is 34.5 Å². The van der Waals surface area contributed by atoms with Crippen molar-refractivity contribution < 1.29 is 13.9 Å². The minimum atomic E-state index is -1.06. The Morgan fingerprint density at radius 1 is 1.32 bits per heavy atom. The van der Waals surface area contributed by atoms with Crippen LogP contribution in [0.3, 0.4) is 0 Å². The van der Waals surface area contributed by atoms with Gasteiger partial charge < -0.3 is 9.72 Å². The lowest BCUT2D eigenvalue weighted by molar-refractivity contribution is 0.0448. The number of aromatic amines is 1. The maximum atomic E-state index is 14.0. The fourth-order valence-electron chi connectivity index (χ4n) is 4.84. The van der Waals surface area contributed by atoms with E-state index in [-0.39, 0.29) is 12.1 Å². The number of halogens is 2. The van der Waals surface area contributed by atoms with E-state index in [0.717, 1.165) is 34.5 Å². The Labute approximate surface area is 188 Å². The van der Waals surface area contributed by atoms with E-state index in [1.807, 2.05) is 23.1 Å². The van der Waals surface area contributed by atoms with Gasteiger partial charge in [-0.25, -0.2) is 9.18 Å². The van der Waals surface area contributed by atoms with Crippen LogP contribution in [0.4, 0.5) is 9.18 Å². The minimum absolute atomic E-state index is 0.0374. The Bertz CT molecular complexity index is 932. The van der Waals surface area contributed by atoms with Gasteiger partial charge in [-0.2, -0.15) is 0 Å². The summed E-state index contributed by atoms with van der Waals surface area (Å²) in [6.45, 7) is 9.06. The lowest BCUT2D eigenvalue weighted by Gasteiger charge is -2.36. The highest BCUT2D eigenvalue weighted by atomic mass is 35.5. The number of ether oxygens (including phenoxy) is 1. The normalized spacial score (nSPS) is 21.5. The summed E-state index contributed by atoms with van der Waals surface area (Å²) in [5.74, 6) is 0.435. The Hall–Kier alpha value is -1.79. The average Bonchev–Trinajstić information content (AvgIpc) is 3.07. The molecular formula is C24H33ClFN3O2. The molecule has 31 heavy (non-hydrogen) atoms. The standard InChI is InChI=1S/C24H33ClFN3O2/c1-16(2)14-21-22-18(19-15-17(25)4-5-20(19)27-22)6-9-29(21)23(30)31-13-12-28-10-7-24(3,26)8-11-28/h4-5,15-16,21,27H,6-14H2,1-3H3. The predicted octanol–water partition coefficient (Wildman–Crippen LogP) is 5.73. The van der Waals surface area contributed by atoms with Crippen LogP contribution in [0.25, 0.3) is 10.9 Å². The number of rotatable bonds is 5. The molecule has 1 atom stereocenters. The summed E-state index contributed by atoms with van der Waals surface area (Å²) >= 11 is 6.23. The highest BCUT2D eigenvalue weighted by Crippen LogP contribution is 2.38. The fourth-order valence-corrected chi connectivity index (χ4v) is 5.01. The van der Waals surface area contributed by atoms with Crippen LogP contribution in [-0.2, 0) is 11.2 Å². The average molecular weight is 450 g/mol. The Morgan fingerprint density at radius 2 is 2.06 bits per heavy atom. The van der Waals surface area contributed by atoms with Crippen LogP contribution < -0.4 is 0 Å². The van der Waals surface area contributed by atoms with Gasteiger partial charge in [0.25, 0.3) is 0 Å². The number of aromatic nitrogens is 1. The van der Waals surface area contributed by atoms with E-state index in [1.165, 1.54) is 5.56 Å². The summed E-state index contributed by atoms with van der Waals surface area (Å²) in [7, 11) is 0. The van der Waals surface area contributed by atoms with Gasteiger partial charge in [0.1, 0.15) is 12.3 Å². The van der Waals surface area contributed by atoms with Crippen LogP contribution in [0.15, 0.2) is 18.2 Å². The molecule has 5 nitrogen and oxygen atoms in total. The summed E-state index contributed by atoms with van der Waals surface area (Å²) in [5.41, 5.74) is 2.36. The van der Waals surface area contributed by atoms with Gasteiger partial charge in [0, 0.05) is 47.8 Å². The highest BCUT2D eigenvalue weighted by molar-refractivity contribution is 6.31. The van der Waals surface area contributed by atoms with Crippen LogP contribution in [0.1, 0.15) is 57.3 Å². The first-order valence-electron chi connectivity index (χ1n) is 11.4. The molecule has 2 aliphatic rings. The zero-order valence-electron chi connectivity index (χ0n) is 18.7. The second-order valence-corrected chi connectivity index (χ2v) is 10.1. The zero-order valence-corrected chi connectivity index (χ0v) is 19.5. The van der Waals surface area contributed by atoms with Crippen molar-refractivity contribution >= 4 is 28.6 Å². The van der Waals surface area contributed by atoms with Crippen LogP contribution in [-0.4, -0.2) is 59.3 Å². The maximum Gasteiger partial charge on any atom is 0.410 e. The Morgan fingerprint density at radius 3 is 2.77 bits per heavy atom. The number of carbonyl (C=O) groups excluding carboxylic acids is 1. The van der Waals surface area contributed by atoms with Gasteiger partial charge in [-0.3, -0.25) is 9.80 Å². The monoisotopic (exact) mass is 449 g/mol. The van der Waals surface area contributed by atoms with E-state index in [0.29, 0.717) is 51.5 Å². The van der Waals surface area contributed by atoms with Crippen molar-refractivity contribution in [2.24, 2.45) is 5.92 Å². The SMILES string of the molecule is CC(C)CC1c2[nH]c3ccc(Cl)cc3c2CCN1C(=O)OCCN1CCC(C)(F)CC1. The molecule has 0 bridgehead atoms. The first-order valence-corrected chi connectivity index (χ1v) is 11.8. The van der Waals surface area contributed by atoms with Gasteiger partial charge in [0.15, 0.2) is 0 Å². The first kappa shape index (κ1) is 22.4. The minimum Gasteiger partial charge on any atom is -0.448 e. The first-order chi connectivity index (χ1) is 14.7. The molecule has 1 saturated heterocycles. The molecule has 1 N–H and O–H groups in total. The summed E-state index contributed by atoms with van der Waals surface area (Å²) in [6.07, 6.45) is 2.46. The van der Waals surface area contributed by atoms with Crippen molar-refractivity contribution in [1.29, 1.82) is 0 Å². The van der Waals surface area contributed by atoms with E-state index >= 15 is 0 Å². The van der Waals surface area contributed by atoms with Crippen LogP contribution in [0, 0.1) is 5.92 Å². The number of piperidine rings is 1. The molecule has 1 aromatic carbocycles. The van der Waals surface area contributed by atoms with Crippen LogP contribution in [0.5, 0.6) is 0 Å². The third-order valence-electron chi connectivity index (χ3n) is 6.67. The van der Waals surface area contributed by atoms with Crippen molar-refractivity contribution in [2.45, 2.75) is 58.2 Å². The molecule has 0 spiro atoms. The number of hydrogen-bond donors (Lipinski definition) is 1. The lowest BCUT2D eigenvalue weighted by atomic mass is 9.92. The number of hydrogen-bond acceptors (Lipinski definition) is 3. The predicted molar refractivity (Wildman–Crippen MR) is 122 cm³/mol. The molecule has 1 amide bonds. The van der Waals surface area contributed by atoms with E-state index in [2.05, 4.69) is 23.7 Å². The number of H-pyrrole nitrogens is 1. The topological polar surface area (TPSA) is 48.6 Å². The number of nitrogens with zero attached hydrogens (tertiary/aromatic N) is 2. The van der Waals surface area contributed by atoms with E-state index in [9.17, 15) is 9.18 Å². The second kappa shape index (κ2) is 8.99. The molecule has 1 unspecified atom stereocenters. The van der Waals surface area contributed by atoms with Gasteiger partial charge in [-0.1, -0.05) is 25.4 Å². The Kier molecular flexibility index (Phi) is 6.50. The van der Waals surface area contributed by atoms with Gasteiger partial charge in [0.2, 0.25) is 0 Å². The van der Waals surface area contributed by atoms with Crippen LogP contribution in [0.2, 0.25) is 5.02 Å². The lowest BCUT2D eigenvalue weighted by Crippen LogP contribution is -2.43. The van der Waals surface area contributed by atoms with Gasteiger partial charge in [-0.05, 0) is 62.3 Å². The third-order valence-corrected chi connectivity index (χ3v) is 6.91. The number of carbonyl (C=O) groups is 1. The number of amides is 1. The molecule has 7 heteroatoms. The molecule has 170 valence electrons. The third kappa shape index (κ3) is 5.01. The zero-order chi connectivity index (χ0) is 22.2. The van der Waals surface area contributed by atoms with Crippen molar-refractivity contribution in [1.82, 2.24) is 14.8 Å². The van der Waals surface area contributed by atoms with E-state index < -0.39 is 5.67 Å². The molecule has 2 aliphatic heterocycles. The van der Waals surface area contributed by atoms with E-state index in [1.54, 1.807) is 6.92 Å². The molecule has 2 aromatic rings. The fraction of sp³-hybridized carbons (Fsp3) is 0.625. The molecule has 1 fully saturated rings. The quantitative estimate of drug-likeness (QED) is 0.634. The Balaban J connectivity index is 1.44. The van der Waals surface area contributed by atoms with Crippen molar-refractivity contribution in [3.63, 3.8) is 0 Å². The van der Waals surface area contributed by atoms with Crippen molar-refractivity contribution in [3.8, 4) is 0 Å². The molecule has 1 aromatic heterocycles. The van der Waals surface area contributed by atoms with E-state index in [4.69, 9.17) is 16.3 Å². The smallest absolute Gasteiger partial charge is 0.410 e. The molecule has 0 radical (unpaired) electrons. The van der Waals surface area contributed by atoms with Crippen LogP contribution >= 0.6 is 11.6 Å². The molecule has 0 saturated carbocycles. The molecular weight excluding hydrogens is 417 g/mol. The summed E-state index contributed by atoms with van der Waals surface area (Å²) in [6, 6.07) is 5.87.